The molecule has 1 fully saturated rings. The molecule has 1 atom stereocenters. The van der Waals surface area contributed by atoms with Crippen LogP contribution in [-0.4, -0.2) is 29.3 Å². The number of nitrogens with zero attached hydrogens (tertiary/aromatic N) is 1. The normalized spacial score (nSPS) is 17.6. The van der Waals surface area contributed by atoms with Crippen LogP contribution in [0, 0.1) is 12.8 Å². The van der Waals surface area contributed by atoms with E-state index in [1.807, 2.05) is 6.07 Å². The van der Waals surface area contributed by atoms with Crippen LogP contribution in [0.25, 0.3) is 0 Å². The lowest BCUT2D eigenvalue weighted by Crippen LogP contribution is -2.22. The molecule has 3 rings (SSSR count). The average Bonchev–Trinajstić information content (AvgIpc) is 3.18. The van der Waals surface area contributed by atoms with E-state index in [4.69, 9.17) is 4.74 Å². The summed E-state index contributed by atoms with van der Waals surface area (Å²) in [6.07, 6.45) is 2.62. The first-order chi connectivity index (χ1) is 10.7. The van der Waals surface area contributed by atoms with Crippen LogP contribution in [0.4, 0.5) is 5.82 Å². The molecular formula is C17H21N3O2. The highest BCUT2D eigenvalue weighted by atomic mass is 16.5. The van der Waals surface area contributed by atoms with Crippen LogP contribution in [0.5, 0.6) is 0 Å². The molecule has 0 unspecified atom stereocenters. The highest BCUT2D eigenvalue weighted by Gasteiger charge is 2.23. The molecular weight excluding hydrogens is 278 g/mol. The molecule has 1 saturated heterocycles. The number of H-pyrrole nitrogens is 1. The molecule has 5 heteroatoms. The number of carbonyl (C=O) groups is 1. The van der Waals surface area contributed by atoms with Gasteiger partial charge >= 0.3 is 0 Å². The SMILES string of the molecule is Cc1ccccc1CCc1cc(NC(=O)[C@H]2CCOC2)n[nH]1. The maximum absolute atomic E-state index is 12.0. The van der Waals surface area contributed by atoms with Crippen molar-refractivity contribution in [1.29, 1.82) is 0 Å². The summed E-state index contributed by atoms with van der Waals surface area (Å²) in [5.74, 6) is 0.540. The fraction of sp³-hybridized carbons (Fsp3) is 0.412. The summed E-state index contributed by atoms with van der Waals surface area (Å²) < 4.78 is 5.23. The van der Waals surface area contributed by atoms with Gasteiger partial charge in [0.05, 0.1) is 12.5 Å². The number of anilines is 1. The average molecular weight is 299 g/mol. The van der Waals surface area contributed by atoms with Crippen molar-refractivity contribution >= 4 is 11.7 Å². The number of rotatable bonds is 5. The molecule has 0 saturated carbocycles. The van der Waals surface area contributed by atoms with E-state index >= 15 is 0 Å². The number of amides is 1. The van der Waals surface area contributed by atoms with Gasteiger partial charge in [0.15, 0.2) is 5.82 Å². The van der Waals surface area contributed by atoms with Crippen molar-refractivity contribution < 1.29 is 9.53 Å². The minimum absolute atomic E-state index is 0.00514. The van der Waals surface area contributed by atoms with E-state index in [9.17, 15) is 4.79 Å². The lowest BCUT2D eigenvalue weighted by atomic mass is 10.0. The predicted molar refractivity (Wildman–Crippen MR) is 84.7 cm³/mol. The predicted octanol–water partition coefficient (Wildman–Crippen LogP) is 2.48. The van der Waals surface area contributed by atoms with Crippen molar-refractivity contribution in [2.24, 2.45) is 5.92 Å². The summed E-state index contributed by atoms with van der Waals surface area (Å²) in [6, 6.07) is 10.3. The minimum atomic E-state index is -0.0490. The van der Waals surface area contributed by atoms with Crippen LogP contribution in [0.2, 0.25) is 0 Å². The summed E-state index contributed by atoms with van der Waals surface area (Å²) in [4.78, 5) is 12.0. The highest BCUT2D eigenvalue weighted by molar-refractivity contribution is 5.91. The second kappa shape index (κ2) is 6.75. The Labute approximate surface area is 130 Å². The van der Waals surface area contributed by atoms with E-state index in [1.165, 1.54) is 11.1 Å². The molecule has 1 aliphatic heterocycles. The van der Waals surface area contributed by atoms with Gasteiger partial charge in [-0.15, -0.1) is 0 Å². The van der Waals surface area contributed by atoms with Crippen LogP contribution in [0.1, 0.15) is 23.2 Å². The minimum Gasteiger partial charge on any atom is -0.381 e. The molecule has 2 aromatic rings. The van der Waals surface area contributed by atoms with Crippen molar-refractivity contribution in [3.05, 3.63) is 47.2 Å². The van der Waals surface area contributed by atoms with Gasteiger partial charge in [-0.3, -0.25) is 9.89 Å². The number of aromatic nitrogens is 2. The van der Waals surface area contributed by atoms with E-state index < -0.39 is 0 Å². The maximum atomic E-state index is 12.0. The molecule has 1 aromatic heterocycles. The number of aromatic amines is 1. The van der Waals surface area contributed by atoms with Crippen molar-refractivity contribution in [3.8, 4) is 0 Å². The molecule has 1 aromatic carbocycles. The topological polar surface area (TPSA) is 67.0 Å². The zero-order valence-electron chi connectivity index (χ0n) is 12.8. The van der Waals surface area contributed by atoms with Gasteiger partial charge in [-0.25, -0.2) is 0 Å². The second-order valence-electron chi connectivity index (χ2n) is 5.75. The highest BCUT2D eigenvalue weighted by Crippen LogP contribution is 2.16. The Morgan fingerprint density at radius 2 is 2.27 bits per heavy atom. The molecule has 22 heavy (non-hydrogen) atoms. The van der Waals surface area contributed by atoms with E-state index in [0.717, 1.165) is 25.0 Å². The van der Waals surface area contributed by atoms with E-state index in [1.54, 1.807) is 0 Å². The standard InChI is InChI=1S/C17H21N3O2/c1-12-4-2-3-5-13(12)6-7-15-10-16(20-19-15)18-17(21)14-8-9-22-11-14/h2-5,10,14H,6-9,11H2,1H3,(H2,18,19,20,21)/t14-/m0/s1. The maximum Gasteiger partial charge on any atom is 0.231 e. The fourth-order valence-electron chi connectivity index (χ4n) is 2.68. The number of ether oxygens (including phenoxy) is 1. The quantitative estimate of drug-likeness (QED) is 0.891. The summed E-state index contributed by atoms with van der Waals surface area (Å²) in [5, 5.41) is 10.0. The van der Waals surface area contributed by atoms with Gasteiger partial charge < -0.3 is 10.1 Å². The summed E-state index contributed by atoms with van der Waals surface area (Å²) in [5.41, 5.74) is 3.67. The van der Waals surface area contributed by atoms with Gasteiger partial charge in [0.25, 0.3) is 0 Å². The number of aryl methyl sites for hydroxylation is 3. The first kappa shape index (κ1) is 14.8. The molecule has 2 heterocycles. The van der Waals surface area contributed by atoms with Gasteiger partial charge in [-0.05, 0) is 37.3 Å². The molecule has 0 aliphatic carbocycles. The van der Waals surface area contributed by atoms with Crippen molar-refractivity contribution in [2.45, 2.75) is 26.2 Å². The molecule has 116 valence electrons. The smallest absolute Gasteiger partial charge is 0.231 e. The third-order valence-corrected chi connectivity index (χ3v) is 4.11. The van der Waals surface area contributed by atoms with E-state index in [0.29, 0.717) is 19.0 Å². The van der Waals surface area contributed by atoms with E-state index in [2.05, 4.69) is 46.7 Å². The molecule has 2 N–H and O–H groups in total. The molecule has 0 radical (unpaired) electrons. The molecule has 1 aliphatic rings. The number of hydrogen-bond acceptors (Lipinski definition) is 3. The van der Waals surface area contributed by atoms with Crippen LogP contribution < -0.4 is 5.32 Å². The molecule has 0 bridgehead atoms. The van der Waals surface area contributed by atoms with Crippen molar-refractivity contribution in [3.63, 3.8) is 0 Å². The first-order valence-corrected chi connectivity index (χ1v) is 7.70. The lowest BCUT2D eigenvalue weighted by molar-refractivity contribution is -0.119. The van der Waals surface area contributed by atoms with Gasteiger partial charge in [0.1, 0.15) is 0 Å². The third kappa shape index (κ3) is 3.54. The van der Waals surface area contributed by atoms with E-state index in [-0.39, 0.29) is 11.8 Å². The summed E-state index contributed by atoms with van der Waals surface area (Å²) >= 11 is 0. The zero-order chi connectivity index (χ0) is 15.4. The number of nitrogens with one attached hydrogen (secondary N) is 2. The second-order valence-corrected chi connectivity index (χ2v) is 5.75. The zero-order valence-corrected chi connectivity index (χ0v) is 12.8. The molecule has 1 amide bonds. The molecule has 5 nitrogen and oxygen atoms in total. The third-order valence-electron chi connectivity index (χ3n) is 4.11. The largest absolute Gasteiger partial charge is 0.381 e. The Morgan fingerprint density at radius 1 is 1.41 bits per heavy atom. The lowest BCUT2D eigenvalue weighted by Gasteiger charge is -2.06. The Morgan fingerprint density at radius 3 is 3.05 bits per heavy atom. The van der Waals surface area contributed by atoms with Gasteiger partial charge in [-0.1, -0.05) is 24.3 Å². The van der Waals surface area contributed by atoms with Crippen molar-refractivity contribution in [2.75, 3.05) is 18.5 Å². The van der Waals surface area contributed by atoms with Crippen LogP contribution in [0.15, 0.2) is 30.3 Å². The van der Waals surface area contributed by atoms with Gasteiger partial charge in [-0.2, -0.15) is 5.10 Å². The summed E-state index contributed by atoms with van der Waals surface area (Å²) in [7, 11) is 0. The number of benzene rings is 1. The number of carbonyl (C=O) groups excluding carboxylic acids is 1. The fourth-order valence-corrected chi connectivity index (χ4v) is 2.68. The van der Waals surface area contributed by atoms with Crippen LogP contribution in [-0.2, 0) is 22.4 Å². The Kier molecular flexibility index (Phi) is 4.53. The summed E-state index contributed by atoms with van der Waals surface area (Å²) in [6.45, 7) is 3.30. The Hall–Kier alpha value is -2.14. The Balaban J connectivity index is 1.55. The molecule has 0 spiro atoms. The van der Waals surface area contributed by atoms with Crippen molar-refractivity contribution in [1.82, 2.24) is 10.2 Å². The van der Waals surface area contributed by atoms with Gasteiger partial charge in [0.2, 0.25) is 5.91 Å². The van der Waals surface area contributed by atoms with Crippen LogP contribution in [0.3, 0.4) is 0 Å². The van der Waals surface area contributed by atoms with Crippen LogP contribution >= 0.6 is 0 Å². The first-order valence-electron chi connectivity index (χ1n) is 7.70. The monoisotopic (exact) mass is 299 g/mol. The number of hydrogen-bond donors (Lipinski definition) is 2. The van der Waals surface area contributed by atoms with Gasteiger partial charge in [0, 0.05) is 18.4 Å². The Bertz CT molecular complexity index is 645.